The Hall–Kier alpha value is -1.02. The van der Waals surface area contributed by atoms with Crippen LogP contribution in [0.3, 0.4) is 0 Å². The number of aliphatic hydroxyl groups is 1. The molecule has 0 aromatic rings. The molecular weight excluding hydrogens is 150 g/mol. The van der Waals surface area contributed by atoms with Crippen molar-refractivity contribution in [3.8, 4) is 0 Å². The summed E-state index contributed by atoms with van der Waals surface area (Å²) < 4.78 is 0. The molecule has 0 unspecified atom stereocenters. The van der Waals surface area contributed by atoms with Gasteiger partial charge >= 0.3 is 0 Å². The van der Waals surface area contributed by atoms with Gasteiger partial charge in [-0.25, -0.2) is 0 Å². The largest absolute Gasteiger partial charge is 0.508 e. The van der Waals surface area contributed by atoms with Crippen molar-refractivity contribution >= 4 is 18.6 Å². The van der Waals surface area contributed by atoms with Crippen LogP contribution in [0.25, 0.3) is 0 Å². The molecule has 2 nitrogen and oxygen atoms in total. The second kappa shape index (κ2) is 4.82. The van der Waals surface area contributed by atoms with Crippen LogP contribution in [0.15, 0.2) is 41.3 Å². The van der Waals surface area contributed by atoms with E-state index in [1.807, 2.05) is 0 Å². The van der Waals surface area contributed by atoms with E-state index >= 15 is 0 Å². The summed E-state index contributed by atoms with van der Waals surface area (Å²) in [5.41, 5.74) is 0. The quantitative estimate of drug-likeness (QED) is 0.573. The van der Waals surface area contributed by atoms with Gasteiger partial charge in [0.2, 0.25) is 0 Å². The Morgan fingerprint density at radius 1 is 1.30 bits per heavy atom. The summed E-state index contributed by atoms with van der Waals surface area (Å²) in [6, 6.07) is 0. The molecule has 0 saturated heterocycles. The lowest BCUT2D eigenvalue weighted by molar-refractivity contribution is 0.432. The third kappa shape index (κ3) is 3.10. The third-order valence-corrected chi connectivity index (χ3v) is 0.882. The highest BCUT2D eigenvalue weighted by Gasteiger charge is 1.80. The normalized spacial score (nSPS) is 15.0. The van der Waals surface area contributed by atoms with Gasteiger partial charge in [0.15, 0.2) is 0 Å². The van der Waals surface area contributed by atoms with Crippen LogP contribution >= 0.6 is 12.4 Å². The lowest BCUT2D eigenvalue weighted by Gasteiger charge is -1.86. The molecule has 10 heavy (non-hydrogen) atoms. The van der Waals surface area contributed by atoms with E-state index in [-0.39, 0.29) is 18.2 Å². The maximum Gasteiger partial charge on any atom is 0.117 e. The second-order valence-electron chi connectivity index (χ2n) is 1.59. The smallest absolute Gasteiger partial charge is 0.117 e. The van der Waals surface area contributed by atoms with Gasteiger partial charge in [-0.05, 0) is 18.2 Å². The van der Waals surface area contributed by atoms with Crippen LogP contribution in [-0.4, -0.2) is 11.3 Å². The van der Waals surface area contributed by atoms with Crippen molar-refractivity contribution in [1.29, 1.82) is 0 Å². The number of hydrogen-bond acceptors (Lipinski definition) is 2. The van der Waals surface area contributed by atoms with E-state index in [0.717, 1.165) is 0 Å². The summed E-state index contributed by atoms with van der Waals surface area (Å²) in [6.45, 7) is 0. The maximum absolute atomic E-state index is 8.86. The average Bonchev–Trinajstić information content (AvgIpc) is 1.79. The number of halogens is 1. The minimum atomic E-state index is 0. The molecule has 0 aromatic heterocycles. The number of aliphatic hydroxyl groups excluding tert-OH is 1. The standard InChI is InChI=1S/C7H7NO.ClH/c9-7-3-1-2-5-8-6-4-7;/h1-6,9H;1H. The van der Waals surface area contributed by atoms with Crippen LogP contribution in [0.5, 0.6) is 0 Å². The van der Waals surface area contributed by atoms with Gasteiger partial charge in [-0.1, -0.05) is 6.08 Å². The van der Waals surface area contributed by atoms with E-state index in [1.165, 1.54) is 12.3 Å². The van der Waals surface area contributed by atoms with Crippen LogP contribution in [0, 0.1) is 0 Å². The molecule has 1 aliphatic rings. The SMILES string of the molecule is Cl.OC1=CC=CC=NC=C1. The van der Waals surface area contributed by atoms with Gasteiger partial charge in [0.25, 0.3) is 0 Å². The predicted octanol–water partition coefficient (Wildman–Crippen LogP) is 2.00. The fraction of sp³-hybridized carbons (Fsp3) is 0. The molecule has 3 heteroatoms. The Morgan fingerprint density at radius 2 is 2.10 bits per heavy atom. The Morgan fingerprint density at radius 3 is 2.90 bits per heavy atom. The highest BCUT2D eigenvalue weighted by molar-refractivity contribution is 5.85. The Kier molecular flexibility index (Phi) is 4.33. The highest BCUT2D eigenvalue weighted by atomic mass is 35.5. The van der Waals surface area contributed by atoms with Crippen LogP contribution in [0.1, 0.15) is 0 Å². The second-order valence-corrected chi connectivity index (χ2v) is 1.59. The van der Waals surface area contributed by atoms with Gasteiger partial charge in [-0.2, -0.15) is 0 Å². The van der Waals surface area contributed by atoms with Crippen LogP contribution in [0.2, 0.25) is 0 Å². The van der Waals surface area contributed by atoms with E-state index in [0.29, 0.717) is 0 Å². The minimum absolute atomic E-state index is 0. The zero-order valence-electron chi connectivity index (χ0n) is 5.27. The lowest BCUT2D eigenvalue weighted by Crippen LogP contribution is -1.73. The predicted molar refractivity (Wildman–Crippen MR) is 44.7 cm³/mol. The number of hydrogen-bond donors (Lipinski definition) is 1. The van der Waals surface area contributed by atoms with Gasteiger partial charge in [0, 0.05) is 12.4 Å². The van der Waals surface area contributed by atoms with E-state index < -0.39 is 0 Å². The molecule has 1 rings (SSSR count). The van der Waals surface area contributed by atoms with E-state index in [9.17, 15) is 0 Å². The van der Waals surface area contributed by atoms with Crippen molar-refractivity contribution in [3.63, 3.8) is 0 Å². The molecule has 1 aliphatic heterocycles. The molecule has 0 radical (unpaired) electrons. The number of aliphatic imine (C=N–C) groups is 1. The van der Waals surface area contributed by atoms with Crippen molar-refractivity contribution in [2.75, 3.05) is 0 Å². The monoisotopic (exact) mass is 157 g/mol. The van der Waals surface area contributed by atoms with Crippen molar-refractivity contribution in [2.24, 2.45) is 4.99 Å². The average molecular weight is 158 g/mol. The van der Waals surface area contributed by atoms with Gasteiger partial charge in [0.1, 0.15) is 5.76 Å². The molecule has 1 N–H and O–H groups in total. The molecule has 0 fully saturated rings. The number of nitrogens with zero attached hydrogens (tertiary/aromatic N) is 1. The van der Waals surface area contributed by atoms with Crippen LogP contribution in [-0.2, 0) is 0 Å². The fourth-order valence-electron chi connectivity index (χ4n) is 0.478. The van der Waals surface area contributed by atoms with E-state index in [1.54, 1.807) is 24.4 Å². The molecular formula is C7H8ClNO. The molecule has 54 valence electrons. The summed E-state index contributed by atoms with van der Waals surface area (Å²) in [4.78, 5) is 3.79. The topological polar surface area (TPSA) is 32.6 Å². The summed E-state index contributed by atoms with van der Waals surface area (Å²) >= 11 is 0. The Bertz CT molecular complexity index is 204. The van der Waals surface area contributed by atoms with Crippen LogP contribution < -0.4 is 0 Å². The molecule has 1 heterocycles. The molecule has 0 spiro atoms. The molecule has 0 bridgehead atoms. The summed E-state index contributed by atoms with van der Waals surface area (Å²) in [5.74, 6) is 0.225. The zero-order chi connectivity index (χ0) is 6.53. The summed E-state index contributed by atoms with van der Waals surface area (Å²) in [5, 5.41) is 8.86. The Balaban J connectivity index is 0.000000810. The third-order valence-electron chi connectivity index (χ3n) is 0.882. The lowest BCUT2D eigenvalue weighted by atomic mass is 10.4. The first-order valence-corrected chi connectivity index (χ1v) is 2.65. The summed E-state index contributed by atoms with van der Waals surface area (Å²) in [6.07, 6.45) is 9.79. The van der Waals surface area contributed by atoms with Crippen molar-refractivity contribution < 1.29 is 5.11 Å². The molecule has 0 saturated carbocycles. The van der Waals surface area contributed by atoms with Gasteiger partial charge in [-0.3, -0.25) is 4.99 Å². The van der Waals surface area contributed by atoms with Crippen LogP contribution in [0.4, 0.5) is 0 Å². The van der Waals surface area contributed by atoms with Crippen molar-refractivity contribution in [3.05, 3.63) is 36.3 Å². The first-order valence-electron chi connectivity index (χ1n) is 2.65. The molecule has 0 atom stereocenters. The van der Waals surface area contributed by atoms with Gasteiger partial charge < -0.3 is 5.11 Å². The summed E-state index contributed by atoms with van der Waals surface area (Å²) in [7, 11) is 0. The van der Waals surface area contributed by atoms with Crippen molar-refractivity contribution in [1.82, 2.24) is 0 Å². The van der Waals surface area contributed by atoms with Gasteiger partial charge in [0.05, 0.1) is 0 Å². The number of rotatable bonds is 0. The zero-order valence-corrected chi connectivity index (χ0v) is 6.08. The first kappa shape index (κ1) is 8.98. The van der Waals surface area contributed by atoms with E-state index in [2.05, 4.69) is 4.99 Å². The minimum Gasteiger partial charge on any atom is -0.508 e. The first-order chi connectivity index (χ1) is 4.39. The van der Waals surface area contributed by atoms with Crippen molar-refractivity contribution in [2.45, 2.75) is 0 Å². The highest BCUT2D eigenvalue weighted by Crippen LogP contribution is 1.93. The van der Waals surface area contributed by atoms with E-state index in [4.69, 9.17) is 5.11 Å². The fourth-order valence-corrected chi connectivity index (χ4v) is 0.478. The number of allylic oxidation sites excluding steroid dienone is 4. The maximum atomic E-state index is 8.86. The molecule has 0 aliphatic carbocycles. The Labute approximate surface area is 65.7 Å². The molecule has 0 amide bonds. The van der Waals surface area contributed by atoms with Gasteiger partial charge in [-0.15, -0.1) is 12.4 Å². The molecule has 0 aromatic carbocycles.